The maximum Gasteiger partial charge on any atom is 0.251 e. The summed E-state index contributed by atoms with van der Waals surface area (Å²) in [5.74, 6) is 0.703. The van der Waals surface area contributed by atoms with Gasteiger partial charge in [-0.25, -0.2) is 0 Å². The first-order valence-corrected chi connectivity index (χ1v) is 7.25. The summed E-state index contributed by atoms with van der Waals surface area (Å²) in [5.41, 5.74) is 3.63. The maximum atomic E-state index is 12.2. The molecular formula is C18H21NO3. The summed E-state index contributed by atoms with van der Waals surface area (Å²) in [6.45, 7) is 2.49. The summed E-state index contributed by atoms with van der Waals surface area (Å²) in [6, 6.07) is 13.2. The Morgan fingerprint density at radius 2 is 1.82 bits per heavy atom. The highest BCUT2D eigenvalue weighted by molar-refractivity contribution is 5.95. The van der Waals surface area contributed by atoms with Crippen LogP contribution in [0, 0.1) is 6.92 Å². The third-order valence-corrected chi connectivity index (χ3v) is 3.55. The van der Waals surface area contributed by atoms with Gasteiger partial charge < -0.3 is 15.2 Å². The molecule has 0 heterocycles. The average Bonchev–Trinajstić information content (AvgIpc) is 2.53. The van der Waals surface area contributed by atoms with E-state index < -0.39 is 0 Å². The van der Waals surface area contributed by atoms with Gasteiger partial charge in [0, 0.05) is 18.7 Å². The van der Waals surface area contributed by atoms with Crippen LogP contribution in [0.2, 0.25) is 0 Å². The van der Waals surface area contributed by atoms with Crippen LogP contribution in [0.5, 0.6) is 5.75 Å². The lowest BCUT2D eigenvalue weighted by atomic mass is 10.0. The van der Waals surface area contributed by atoms with Gasteiger partial charge in [0.05, 0.1) is 7.11 Å². The van der Waals surface area contributed by atoms with Crippen LogP contribution >= 0.6 is 0 Å². The largest absolute Gasteiger partial charge is 0.497 e. The van der Waals surface area contributed by atoms with Crippen LogP contribution in [0.15, 0.2) is 42.5 Å². The summed E-state index contributed by atoms with van der Waals surface area (Å²) < 4.78 is 5.11. The van der Waals surface area contributed by atoms with Crippen molar-refractivity contribution in [3.05, 3.63) is 64.7 Å². The van der Waals surface area contributed by atoms with Crippen LogP contribution < -0.4 is 10.1 Å². The Kier molecular flexibility index (Phi) is 5.55. The highest BCUT2D eigenvalue weighted by atomic mass is 16.5. The third-order valence-electron chi connectivity index (χ3n) is 3.55. The molecule has 116 valence electrons. The van der Waals surface area contributed by atoms with E-state index in [1.54, 1.807) is 7.11 Å². The molecule has 0 fully saturated rings. The van der Waals surface area contributed by atoms with Crippen molar-refractivity contribution in [2.75, 3.05) is 13.7 Å². The zero-order valence-electron chi connectivity index (χ0n) is 12.9. The number of aryl methyl sites for hydroxylation is 1. The fourth-order valence-electron chi connectivity index (χ4n) is 2.29. The fraction of sp³-hybridized carbons (Fsp3) is 0.278. The van der Waals surface area contributed by atoms with Crippen molar-refractivity contribution < 1.29 is 14.6 Å². The molecule has 4 nitrogen and oxygen atoms in total. The number of carbonyl (C=O) groups excluding carboxylic acids is 1. The molecule has 1 amide bonds. The van der Waals surface area contributed by atoms with Crippen molar-refractivity contribution in [1.82, 2.24) is 5.32 Å². The zero-order valence-corrected chi connectivity index (χ0v) is 12.9. The summed E-state index contributed by atoms with van der Waals surface area (Å²) in [6.07, 6.45) is 0.606. The number of ether oxygens (including phenoxy) is 1. The number of hydrogen-bond acceptors (Lipinski definition) is 3. The number of carbonyl (C=O) groups is 1. The van der Waals surface area contributed by atoms with Gasteiger partial charge in [-0.15, -0.1) is 0 Å². The number of methoxy groups -OCH3 is 1. The van der Waals surface area contributed by atoms with Crippen molar-refractivity contribution in [1.29, 1.82) is 0 Å². The number of rotatable bonds is 6. The van der Waals surface area contributed by atoms with Gasteiger partial charge in [0.1, 0.15) is 5.75 Å². The van der Waals surface area contributed by atoms with E-state index in [9.17, 15) is 4.79 Å². The molecule has 2 aromatic carbocycles. The van der Waals surface area contributed by atoms with Gasteiger partial charge in [-0.05, 0) is 48.2 Å². The first-order chi connectivity index (χ1) is 10.6. The second kappa shape index (κ2) is 7.61. The Bertz CT molecular complexity index is 635. The predicted octanol–water partition coefficient (Wildman–Crippen LogP) is 2.47. The molecular weight excluding hydrogens is 278 g/mol. The highest BCUT2D eigenvalue weighted by Gasteiger charge is 2.09. The van der Waals surface area contributed by atoms with E-state index in [0.29, 0.717) is 18.5 Å². The van der Waals surface area contributed by atoms with Gasteiger partial charge in [-0.3, -0.25) is 4.79 Å². The van der Waals surface area contributed by atoms with E-state index >= 15 is 0 Å². The van der Waals surface area contributed by atoms with Crippen LogP contribution in [-0.2, 0) is 13.0 Å². The molecule has 22 heavy (non-hydrogen) atoms. The molecule has 0 saturated carbocycles. The number of benzene rings is 2. The summed E-state index contributed by atoms with van der Waals surface area (Å²) in [4.78, 5) is 12.2. The average molecular weight is 299 g/mol. The topological polar surface area (TPSA) is 58.6 Å². The minimum Gasteiger partial charge on any atom is -0.497 e. The minimum absolute atomic E-state index is 0.0936. The number of aliphatic hydroxyl groups excluding tert-OH is 1. The molecule has 2 rings (SSSR count). The van der Waals surface area contributed by atoms with Crippen molar-refractivity contribution >= 4 is 5.91 Å². The first-order valence-electron chi connectivity index (χ1n) is 7.25. The van der Waals surface area contributed by atoms with Gasteiger partial charge in [0.25, 0.3) is 5.91 Å². The van der Waals surface area contributed by atoms with Gasteiger partial charge >= 0.3 is 0 Å². The van der Waals surface area contributed by atoms with E-state index in [1.165, 1.54) is 0 Å². The van der Waals surface area contributed by atoms with E-state index in [0.717, 1.165) is 22.4 Å². The lowest BCUT2D eigenvalue weighted by Crippen LogP contribution is -2.23. The molecule has 0 aromatic heterocycles. The van der Waals surface area contributed by atoms with Gasteiger partial charge in [-0.1, -0.05) is 24.3 Å². The third kappa shape index (κ3) is 4.09. The van der Waals surface area contributed by atoms with E-state index in [2.05, 4.69) is 5.32 Å². The van der Waals surface area contributed by atoms with Crippen LogP contribution in [0.25, 0.3) is 0 Å². The van der Waals surface area contributed by atoms with Crippen LogP contribution in [0.4, 0.5) is 0 Å². The molecule has 0 aliphatic rings. The lowest BCUT2D eigenvalue weighted by Gasteiger charge is -2.10. The summed E-state index contributed by atoms with van der Waals surface area (Å²) in [5, 5.41) is 11.9. The monoisotopic (exact) mass is 299 g/mol. The molecule has 0 radical (unpaired) electrons. The smallest absolute Gasteiger partial charge is 0.251 e. The second-order valence-electron chi connectivity index (χ2n) is 5.15. The van der Waals surface area contributed by atoms with Gasteiger partial charge in [0.2, 0.25) is 0 Å². The quantitative estimate of drug-likeness (QED) is 0.861. The molecule has 0 atom stereocenters. The highest BCUT2D eigenvalue weighted by Crippen LogP contribution is 2.13. The predicted molar refractivity (Wildman–Crippen MR) is 86.1 cm³/mol. The molecule has 0 aliphatic heterocycles. The molecule has 0 spiro atoms. The molecule has 2 N–H and O–H groups in total. The Morgan fingerprint density at radius 3 is 2.41 bits per heavy atom. The number of hydrogen-bond donors (Lipinski definition) is 2. The molecule has 0 saturated heterocycles. The van der Waals surface area contributed by atoms with Gasteiger partial charge in [-0.2, -0.15) is 0 Å². The standard InChI is InChI=1S/C18H21NO3/c1-13-11-14(9-10-20)5-8-17(13)18(21)19-12-15-3-6-16(22-2)7-4-15/h3-8,11,20H,9-10,12H2,1-2H3,(H,19,21). The number of nitrogens with one attached hydrogen (secondary N) is 1. The molecule has 2 aromatic rings. The van der Waals surface area contributed by atoms with Crippen molar-refractivity contribution in [3.63, 3.8) is 0 Å². The normalized spacial score (nSPS) is 10.3. The van der Waals surface area contributed by atoms with Gasteiger partial charge in [0.15, 0.2) is 0 Å². The van der Waals surface area contributed by atoms with E-state index in [1.807, 2.05) is 49.4 Å². The number of amides is 1. The number of aliphatic hydroxyl groups is 1. The second-order valence-corrected chi connectivity index (χ2v) is 5.15. The van der Waals surface area contributed by atoms with Crippen LogP contribution in [0.3, 0.4) is 0 Å². The molecule has 4 heteroatoms. The van der Waals surface area contributed by atoms with Crippen molar-refractivity contribution in [3.8, 4) is 5.75 Å². The fourth-order valence-corrected chi connectivity index (χ4v) is 2.29. The van der Waals surface area contributed by atoms with Crippen molar-refractivity contribution in [2.45, 2.75) is 19.9 Å². The lowest BCUT2D eigenvalue weighted by molar-refractivity contribution is 0.0950. The maximum absolute atomic E-state index is 12.2. The Balaban J connectivity index is 1.99. The Hall–Kier alpha value is -2.33. The molecule has 0 aliphatic carbocycles. The molecule has 0 unspecified atom stereocenters. The van der Waals surface area contributed by atoms with Crippen LogP contribution in [0.1, 0.15) is 27.0 Å². The SMILES string of the molecule is COc1ccc(CNC(=O)c2ccc(CCO)cc2C)cc1. The Morgan fingerprint density at radius 1 is 1.14 bits per heavy atom. The van der Waals surface area contributed by atoms with Crippen LogP contribution in [-0.4, -0.2) is 24.7 Å². The van der Waals surface area contributed by atoms with E-state index in [4.69, 9.17) is 9.84 Å². The zero-order chi connectivity index (χ0) is 15.9. The van der Waals surface area contributed by atoms with Crippen molar-refractivity contribution in [2.24, 2.45) is 0 Å². The Labute approximate surface area is 130 Å². The molecule has 0 bridgehead atoms. The first kappa shape index (κ1) is 16.0. The minimum atomic E-state index is -0.0936. The van der Waals surface area contributed by atoms with E-state index in [-0.39, 0.29) is 12.5 Å². The summed E-state index contributed by atoms with van der Waals surface area (Å²) in [7, 11) is 1.63. The summed E-state index contributed by atoms with van der Waals surface area (Å²) >= 11 is 0.